The SMILES string of the molecule is Cl.NC(=O)Cc1ccc(OCCNC[C@H](O)c2ccccc2)cc1. The average Bonchev–Trinajstić information content (AvgIpc) is 2.56. The summed E-state index contributed by atoms with van der Waals surface area (Å²) in [5.41, 5.74) is 6.91. The smallest absolute Gasteiger partial charge is 0.221 e. The van der Waals surface area contributed by atoms with Crippen molar-refractivity contribution in [2.24, 2.45) is 5.73 Å². The van der Waals surface area contributed by atoms with E-state index in [1.54, 1.807) is 0 Å². The van der Waals surface area contributed by atoms with Crippen LogP contribution in [0.4, 0.5) is 0 Å². The second-order valence-electron chi connectivity index (χ2n) is 5.27. The fourth-order valence-corrected chi connectivity index (χ4v) is 2.18. The van der Waals surface area contributed by atoms with Crippen molar-refractivity contribution in [1.29, 1.82) is 0 Å². The van der Waals surface area contributed by atoms with E-state index in [-0.39, 0.29) is 24.7 Å². The Bertz CT molecular complexity index is 605. The molecule has 0 fully saturated rings. The van der Waals surface area contributed by atoms with Crippen LogP contribution in [0.15, 0.2) is 54.6 Å². The van der Waals surface area contributed by atoms with Crippen LogP contribution in [0.3, 0.4) is 0 Å². The van der Waals surface area contributed by atoms with Crippen molar-refractivity contribution in [3.63, 3.8) is 0 Å². The van der Waals surface area contributed by atoms with Crippen LogP contribution in [0, 0.1) is 0 Å². The zero-order valence-electron chi connectivity index (χ0n) is 13.4. The number of benzene rings is 2. The fourth-order valence-electron chi connectivity index (χ4n) is 2.18. The van der Waals surface area contributed by atoms with Crippen molar-refractivity contribution in [3.05, 3.63) is 65.7 Å². The standard InChI is InChI=1S/C18H22N2O3.ClH/c19-18(22)12-14-6-8-16(9-7-14)23-11-10-20-13-17(21)15-4-2-1-3-5-15;/h1-9,17,20-21H,10-13H2,(H2,19,22);1H/t17-;/m0./s1. The van der Waals surface area contributed by atoms with Crippen LogP contribution in [0.1, 0.15) is 17.2 Å². The number of carbonyl (C=O) groups is 1. The number of hydrogen-bond donors (Lipinski definition) is 3. The van der Waals surface area contributed by atoms with Gasteiger partial charge in [0.1, 0.15) is 12.4 Å². The summed E-state index contributed by atoms with van der Waals surface area (Å²) < 4.78 is 5.59. The summed E-state index contributed by atoms with van der Waals surface area (Å²) in [4.78, 5) is 10.8. The summed E-state index contributed by atoms with van der Waals surface area (Å²) in [6.07, 6.45) is -0.288. The normalized spacial score (nSPS) is 11.4. The zero-order valence-corrected chi connectivity index (χ0v) is 14.2. The molecule has 0 radical (unpaired) electrons. The molecule has 0 saturated carbocycles. The van der Waals surface area contributed by atoms with E-state index < -0.39 is 6.10 Å². The molecular formula is C18H23ClN2O3. The Kier molecular flexibility index (Phi) is 8.86. The van der Waals surface area contributed by atoms with Crippen molar-refractivity contribution in [3.8, 4) is 5.75 Å². The quantitative estimate of drug-likeness (QED) is 0.602. The molecule has 1 atom stereocenters. The van der Waals surface area contributed by atoms with Crippen LogP contribution in [-0.2, 0) is 11.2 Å². The number of nitrogens with two attached hydrogens (primary N) is 1. The van der Waals surface area contributed by atoms with Gasteiger partial charge < -0.3 is 20.9 Å². The highest BCUT2D eigenvalue weighted by molar-refractivity contribution is 5.85. The monoisotopic (exact) mass is 350 g/mol. The molecule has 2 aromatic carbocycles. The predicted octanol–water partition coefficient (Wildman–Crippen LogP) is 1.84. The van der Waals surface area contributed by atoms with E-state index in [9.17, 15) is 9.90 Å². The minimum absolute atomic E-state index is 0. The molecule has 6 heteroatoms. The Morgan fingerprint density at radius 1 is 1.12 bits per heavy atom. The van der Waals surface area contributed by atoms with Gasteiger partial charge in [0.15, 0.2) is 0 Å². The first-order chi connectivity index (χ1) is 11.1. The molecule has 0 aliphatic rings. The van der Waals surface area contributed by atoms with Gasteiger partial charge in [-0.25, -0.2) is 0 Å². The number of hydrogen-bond acceptors (Lipinski definition) is 4. The van der Waals surface area contributed by atoms with Gasteiger partial charge in [-0.15, -0.1) is 12.4 Å². The Morgan fingerprint density at radius 3 is 2.42 bits per heavy atom. The molecule has 0 heterocycles. The van der Waals surface area contributed by atoms with E-state index in [2.05, 4.69) is 5.32 Å². The number of rotatable bonds is 9. The summed E-state index contributed by atoms with van der Waals surface area (Å²) in [5, 5.41) is 13.2. The maximum atomic E-state index is 10.8. The van der Waals surface area contributed by atoms with Gasteiger partial charge in [0.05, 0.1) is 12.5 Å². The molecular weight excluding hydrogens is 328 g/mol. The van der Waals surface area contributed by atoms with E-state index in [1.165, 1.54) is 0 Å². The maximum Gasteiger partial charge on any atom is 0.221 e. The lowest BCUT2D eigenvalue weighted by molar-refractivity contribution is -0.117. The van der Waals surface area contributed by atoms with Gasteiger partial charge >= 0.3 is 0 Å². The van der Waals surface area contributed by atoms with E-state index in [0.717, 1.165) is 16.9 Å². The van der Waals surface area contributed by atoms with Gasteiger partial charge in [-0.2, -0.15) is 0 Å². The van der Waals surface area contributed by atoms with Crippen LogP contribution in [0.25, 0.3) is 0 Å². The molecule has 4 N–H and O–H groups in total. The third-order valence-corrected chi connectivity index (χ3v) is 3.37. The van der Waals surface area contributed by atoms with Crippen LogP contribution in [0.5, 0.6) is 5.75 Å². The minimum atomic E-state index is -0.524. The second-order valence-corrected chi connectivity index (χ2v) is 5.27. The van der Waals surface area contributed by atoms with Gasteiger partial charge in [-0.3, -0.25) is 4.79 Å². The largest absolute Gasteiger partial charge is 0.492 e. The van der Waals surface area contributed by atoms with Crippen LogP contribution in [-0.4, -0.2) is 30.7 Å². The highest BCUT2D eigenvalue weighted by Crippen LogP contribution is 2.12. The summed E-state index contributed by atoms with van der Waals surface area (Å²) in [6, 6.07) is 16.8. The van der Waals surface area contributed by atoms with Crippen molar-refractivity contribution in [2.45, 2.75) is 12.5 Å². The molecule has 24 heavy (non-hydrogen) atoms. The van der Waals surface area contributed by atoms with Gasteiger partial charge in [0.2, 0.25) is 5.91 Å². The predicted molar refractivity (Wildman–Crippen MR) is 96.4 cm³/mol. The second kappa shape index (κ2) is 10.6. The fraction of sp³-hybridized carbons (Fsp3) is 0.278. The van der Waals surface area contributed by atoms with Crippen LogP contribution < -0.4 is 15.8 Å². The van der Waals surface area contributed by atoms with Crippen molar-refractivity contribution in [1.82, 2.24) is 5.32 Å². The number of primary amides is 1. The molecule has 5 nitrogen and oxygen atoms in total. The number of nitrogens with one attached hydrogen (secondary N) is 1. The third-order valence-electron chi connectivity index (χ3n) is 3.37. The topological polar surface area (TPSA) is 84.6 Å². The van der Waals surface area contributed by atoms with Gasteiger partial charge in [0, 0.05) is 13.1 Å². The lowest BCUT2D eigenvalue weighted by Crippen LogP contribution is -2.26. The van der Waals surface area contributed by atoms with Gasteiger partial charge in [-0.1, -0.05) is 42.5 Å². The van der Waals surface area contributed by atoms with Crippen molar-refractivity contribution < 1.29 is 14.6 Å². The molecule has 0 saturated heterocycles. The van der Waals surface area contributed by atoms with E-state index in [0.29, 0.717) is 19.7 Å². The number of ether oxygens (including phenoxy) is 1. The summed E-state index contributed by atoms with van der Waals surface area (Å²) in [6.45, 7) is 1.61. The lowest BCUT2D eigenvalue weighted by Gasteiger charge is -2.12. The molecule has 0 aliphatic carbocycles. The molecule has 0 bridgehead atoms. The van der Waals surface area contributed by atoms with Gasteiger partial charge in [0.25, 0.3) is 0 Å². The number of aliphatic hydroxyl groups excluding tert-OH is 1. The number of halogens is 1. The number of amides is 1. The molecule has 0 aromatic heterocycles. The first-order valence-corrected chi connectivity index (χ1v) is 7.59. The molecule has 0 aliphatic heterocycles. The lowest BCUT2D eigenvalue weighted by atomic mass is 10.1. The number of carbonyl (C=O) groups excluding carboxylic acids is 1. The summed E-state index contributed by atoms with van der Waals surface area (Å²) in [7, 11) is 0. The highest BCUT2D eigenvalue weighted by atomic mass is 35.5. The summed E-state index contributed by atoms with van der Waals surface area (Å²) in [5.74, 6) is 0.392. The number of aliphatic hydroxyl groups is 1. The Balaban J connectivity index is 0.00000288. The molecule has 0 unspecified atom stereocenters. The molecule has 2 aromatic rings. The zero-order chi connectivity index (χ0) is 16.5. The molecule has 130 valence electrons. The minimum Gasteiger partial charge on any atom is -0.492 e. The van der Waals surface area contributed by atoms with E-state index in [4.69, 9.17) is 10.5 Å². The van der Waals surface area contributed by atoms with Crippen molar-refractivity contribution in [2.75, 3.05) is 19.7 Å². The summed E-state index contributed by atoms with van der Waals surface area (Å²) >= 11 is 0. The first-order valence-electron chi connectivity index (χ1n) is 7.59. The Hall–Kier alpha value is -2.08. The van der Waals surface area contributed by atoms with Crippen molar-refractivity contribution >= 4 is 18.3 Å². The van der Waals surface area contributed by atoms with E-state index in [1.807, 2.05) is 54.6 Å². The Labute approximate surface area is 148 Å². The van der Waals surface area contributed by atoms with Crippen LogP contribution >= 0.6 is 12.4 Å². The van der Waals surface area contributed by atoms with Crippen LogP contribution in [0.2, 0.25) is 0 Å². The van der Waals surface area contributed by atoms with E-state index >= 15 is 0 Å². The van der Waals surface area contributed by atoms with Gasteiger partial charge in [-0.05, 0) is 23.3 Å². The maximum absolute atomic E-state index is 10.8. The highest BCUT2D eigenvalue weighted by Gasteiger charge is 2.05. The third kappa shape index (κ3) is 7.00. The first kappa shape index (κ1) is 20.0. The Morgan fingerprint density at radius 2 is 1.79 bits per heavy atom. The molecule has 0 spiro atoms. The average molecular weight is 351 g/mol. The molecule has 1 amide bonds. The molecule has 2 rings (SSSR count).